The monoisotopic (exact) mass is 231 g/mol. The molecule has 0 aliphatic carbocycles. The van der Waals surface area contributed by atoms with Gasteiger partial charge >= 0.3 is 0 Å². The molecule has 17 heavy (non-hydrogen) atoms. The number of nitriles is 1. The molecular formula is C13H17N3O. The lowest BCUT2D eigenvalue weighted by Crippen LogP contribution is -2.37. The fourth-order valence-corrected chi connectivity index (χ4v) is 1.53. The number of carbonyl (C=O) groups is 1. The van der Waals surface area contributed by atoms with Gasteiger partial charge in [-0.15, -0.1) is 0 Å². The van der Waals surface area contributed by atoms with Crippen LogP contribution in [0.5, 0.6) is 0 Å². The molecule has 0 saturated carbocycles. The van der Waals surface area contributed by atoms with Gasteiger partial charge in [-0.2, -0.15) is 5.26 Å². The van der Waals surface area contributed by atoms with Crippen molar-refractivity contribution in [2.24, 2.45) is 5.41 Å². The maximum atomic E-state index is 12.0. The molecule has 4 nitrogen and oxygen atoms in total. The Hall–Kier alpha value is -1.89. The van der Waals surface area contributed by atoms with Crippen LogP contribution >= 0.6 is 0 Å². The molecule has 0 aliphatic rings. The van der Waals surface area contributed by atoms with E-state index in [0.717, 1.165) is 11.4 Å². The van der Waals surface area contributed by atoms with Gasteiger partial charge in [0.1, 0.15) is 5.41 Å². The van der Waals surface area contributed by atoms with E-state index in [1.54, 1.807) is 20.9 Å². The quantitative estimate of drug-likeness (QED) is 0.798. The van der Waals surface area contributed by atoms with Gasteiger partial charge in [-0.3, -0.25) is 9.78 Å². The third-order valence-corrected chi connectivity index (χ3v) is 2.51. The number of nitrogens with zero attached hydrogens (tertiary/aromatic N) is 3. The number of aromatic nitrogens is 1. The molecule has 1 aromatic heterocycles. The third kappa shape index (κ3) is 3.28. The summed E-state index contributed by atoms with van der Waals surface area (Å²) in [6.07, 6.45) is 0. The zero-order valence-corrected chi connectivity index (χ0v) is 10.7. The van der Waals surface area contributed by atoms with Gasteiger partial charge in [-0.1, -0.05) is 6.07 Å². The molecule has 0 bridgehead atoms. The smallest absolute Gasteiger partial charge is 0.242 e. The van der Waals surface area contributed by atoms with E-state index >= 15 is 0 Å². The molecular weight excluding hydrogens is 214 g/mol. The molecule has 1 heterocycles. The van der Waals surface area contributed by atoms with Gasteiger partial charge < -0.3 is 4.90 Å². The third-order valence-electron chi connectivity index (χ3n) is 2.51. The SMILES string of the molecule is Cc1cccc(CN(C)C(=O)C(C)(C)C#N)n1. The predicted molar refractivity (Wildman–Crippen MR) is 64.8 cm³/mol. The Morgan fingerprint density at radius 3 is 2.71 bits per heavy atom. The fraction of sp³-hybridized carbons (Fsp3) is 0.462. The van der Waals surface area contributed by atoms with Gasteiger partial charge in [0.25, 0.3) is 0 Å². The van der Waals surface area contributed by atoms with Crippen LogP contribution in [0.25, 0.3) is 0 Å². The van der Waals surface area contributed by atoms with Crippen molar-refractivity contribution >= 4 is 5.91 Å². The summed E-state index contributed by atoms with van der Waals surface area (Å²) in [6.45, 7) is 5.57. The van der Waals surface area contributed by atoms with E-state index in [1.807, 2.05) is 31.2 Å². The maximum Gasteiger partial charge on any atom is 0.242 e. The number of aryl methyl sites for hydroxylation is 1. The average molecular weight is 231 g/mol. The number of amides is 1. The molecule has 4 heteroatoms. The van der Waals surface area contributed by atoms with Crippen molar-refractivity contribution < 1.29 is 4.79 Å². The number of hydrogen-bond donors (Lipinski definition) is 0. The van der Waals surface area contributed by atoms with Gasteiger partial charge in [0.15, 0.2) is 0 Å². The summed E-state index contributed by atoms with van der Waals surface area (Å²) < 4.78 is 0. The Labute approximate surface area is 102 Å². The summed E-state index contributed by atoms with van der Waals surface area (Å²) in [6, 6.07) is 7.69. The van der Waals surface area contributed by atoms with E-state index in [4.69, 9.17) is 5.26 Å². The Morgan fingerprint density at radius 2 is 2.18 bits per heavy atom. The van der Waals surface area contributed by atoms with Crippen LogP contribution in [0.1, 0.15) is 25.2 Å². The molecule has 1 aromatic rings. The minimum Gasteiger partial charge on any atom is -0.338 e. The Bertz CT molecular complexity index is 460. The molecule has 90 valence electrons. The van der Waals surface area contributed by atoms with Gasteiger partial charge in [0, 0.05) is 12.7 Å². The molecule has 0 radical (unpaired) electrons. The van der Waals surface area contributed by atoms with Crippen LogP contribution in [0, 0.1) is 23.7 Å². The summed E-state index contributed by atoms with van der Waals surface area (Å²) in [5.74, 6) is -0.191. The highest BCUT2D eigenvalue weighted by atomic mass is 16.2. The van der Waals surface area contributed by atoms with E-state index in [0.29, 0.717) is 6.54 Å². The fourth-order valence-electron chi connectivity index (χ4n) is 1.53. The van der Waals surface area contributed by atoms with Gasteiger partial charge in [0.05, 0.1) is 18.3 Å². The van der Waals surface area contributed by atoms with Crippen LogP contribution in [0.4, 0.5) is 0 Å². The van der Waals surface area contributed by atoms with Crippen molar-refractivity contribution in [2.75, 3.05) is 7.05 Å². The first kappa shape index (κ1) is 13.2. The van der Waals surface area contributed by atoms with Crippen LogP contribution in [-0.2, 0) is 11.3 Å². The summed E-state index contributed by atoms with van der Waals surface area (Å²) in [4.78, 5) is 17.8. The highest BCUT2D eigenvalue weighted by Gasteiger charge is 2.30. The molecule has 0 spiro atoms. The van der Waals surface area contributed by atoms with Crippen molar-refractivity contribution in [3.05, 3.63) is 29.6 Å². The van der Waals surface area contributed by atoms with Crippen molar-refractivity contribution in [3.8, 4) is 6.07 Å². The van der Waals surface area contributed by atoms with Crippen molar-refractivity contribution in [2.45, 2.75) is 27.3 Å². The summed E-state index contributed by atoms with van der Waals surface area (Å²) in [7, 11) is 1.69. The predicted octanol–water partition coefficient (Wildman–Crippen LogP) is 1.90. The summed E-state index contributed by atoms with van der Waals surface area (Å²) in [5.41, 5.74) is 0.760. The lowest BCUT2D eigenvalue weighted by Gasteiger charge is -2.23. The van der Waals surface area contributed by atoms with E-state index in [2.05, 4.69) is 4.98 Å². The van der Waals surface area contributed by atoms with Gasteiger partial charge in [0.2, 0.25) is 5.91 Å². The van der Waals surface area contributed by atoms with Crippen LogP contribution < -0.4 is 0 Å². The van der Waals surface area contributed by atoms with E-state index in [9.17, 15) is 4.79 Å². The van der Waals surface area contributed by atoms with Gasteiger partial charge in [-0.05, 0) is 32.9 Å². The molecule has 0 atom stereocenters. The highest BCUT2D eigenvalue weighted by molar-refractivity contribution is 5.84. The second-order valence-corrected chi connectivity index (χ2v) is 4.67. The number of hydrogen-bond acceptors (Lipinski definition) is 3. The first-order valence-corrected chi connectivity index (χ1v) is 5.46. The second-order valence-electron chi connectivity index (χ2n) is 4.67. The first-order valence-electron chi connectivity index (χ1n) is 5.46. The van der Waals surface area contributed by atoms with E-state index in [1.165, 1.54) is 4.90 Å². The number of rotatable bonds is 3. The molecule has 0 saturated heterocycles. The van der Waals surface area contributed by atoms with E-state index < -0.39 is 5.41 Å². The molecule has 0 N–H and O–H groups in total. The van der Waals surface area contributed by atoms with Crippen LogP contribution in [0.3, 0.4) is 0 Å². The lowest BCUT2D eigenvalue weighted by atomic mass is 9.94. The molecule has 0 aliphatic heterocycles. The standard InChI is InChI=1S/C13H17N3O/c1-10-6-5-7-11(15-10)8-16(4)12(17)13(2,3)9-14/h5-7H,8H2,1-4H3. The molecule has 0 fully saturated rings. The Balaban J connectivity index is 2.77. The topological polar surface area (TPSA) is 57.0 Å². The zero-order valence-electron chi connectivity index (χ0n) is 10.7. The first-order chi connectivity index (χ1) is 7.86. The number of pyridine rings is 1. The minimum absolute atomic E-state index is 0.191. The summed E-state index contributed by atoms with van der Waals surface area (Å²) >= 11 is 0. The van der Waals surface area contributed by atoms with Gasteiger partial charge in [-0.25, -0.2) is 0 Å². The Kier molecular flexibility index (Phi) is 3.84. The largest absolute Gasteiger partial charge is 0.338 e. The lowest BCUT2D eigenvalue weighted by molar-refractivity contribution is -0.136. The van der Waals surface area contributed by atoms with Crippen LogP contribution in [-0.4, -0.2) is 22.8 Å². The molecule has 1 rings (SSSR count). The molecule has 1 amide bonds. The number of carbonyl (C=O) groups excluding carboxylic acids is 1. The maximum absolute atomic E-state index is 12.0. The van der Waals surface area contributed by atoms with Crippen molar-refractivity contribution in [1.82, 2.24) is 9.88 Å². The molecule has 0 aromatic carbocycles. The van der Waals surface area contributed by atoms with Crippen LogP contribution in [0.15, 0.2) is 18.2 Å². The highest BCUT2D eigenvalue weighted by Crippen LogP contribution is 2.17. The molecule has 0 unspecified atom stereocenters. The van der Waals surface area contributed by atoms with Crippen molar-refractivity contribution in [3.63, 3.8) is 0 Å². The van der Waals surface area contributed by atoms with Crippen LogP contribution in [0.2, 0.25) is 0 Å². The summed E-state index contributed by atoms with van der Waals surface area (Å²) in [5, 5.41) is 8.91. The van der Waals surface area contributed by atoms with E-state index in [-0.39, 0.29) is 5.91 Å². The minimum atomic E-state index is -0.988. The second kappa shape index (κ2) is 4.96. The zero-order chi connectivity index (χ0) is 13.1. The average Bonchev–Trinajstić information content (AvgIpc) is 2.28. The Morgan fingerprint density at radius 1 is 1.53 bits per heavy atom. The van der Waals surface area contributed by atoms with Crippen molar-refractivity contribution in [1.29, 1.82) is 5.26 Å². The normalized spacial score (nSPS) is 10.8.